The molecular formula is C38H39N11O6. The predicted octanol–water partition coefficient (Wildman–Crippen LogP) is 4.90. The van der Waals surface area contributed by atoms with E-state index in [1.54, 1.807) is 36.7 Å². The first-order valence-electron chi connectivity index (χ1n) is 18.5. The highest BCUT2D eigenvalue weighted by Gasteiger charge is 2.39. The number of benzene rings is 1. The molecule has 2 fully saturated rings. The minimum absolute atomic E-state index is 0.178. The van der Waals surface area contributed by atoms with E-state index in [2.05, 4.69) is 46.5 Å². The third-order valence-corrected chi connectivity index (χ3v) is 10.3. The van der Waals surface area contributed by atoms with Gasteiger partial charge in [0.25, 0.3) is 5.91 Å². The van der Waals surface area contributed by atoms with Crippen molar-refractivity contribution in [2.75, 3.05) is 16.0 Å². The van der Waals surface area contributed by atoms with Crippen molar-refractivity contribution in [1.82, 2.24) is 39.9 Å². The maximum absolute atomic E-state index is 13.1. The van der Waals surface area contributed by atoms with Gasteiger partial charge in [-0.05, 0) is 68.0 Å². The molecule has 6 heterocycles. The molecule has 1 saturated carbocycles. The highest BCUT2D eigenvalue weighted by molar-refractivity contribution is 6.06. The van der Waals surface area contributed by atoms with Gasteiger partial charge in [-0.15, -0.1) is 0 Å². The van der Waals surface area contributed by atoms with E-state index >= 15 is 0 Å². The molecule has 8 rings (SSSR count). The lowest BCUT2D eigenvalue weighted by molar-refractivity contribution is -0.137. The zero-order valence-corrected chi connectivity index (χ0v) is 30.1. The Morgan fingerprint density at radius 3 is 2.64 bits per heavy atom. The SMILES string of the molecule is Cc1cc(NC(=O)Nc2cnc3ccnn3c2C2CCCCC2)cnc1-c1noc(CCCC(=O)Nc2ccc3c(c2)CN(C2CCC(=O)NC2=O)C3=O)n1. The number of hydrogen-bond acceptors (Lipinski definition) is 11. The van der Waals surface area contributed by atoms with Crippen molar-refractivity contribution in [1.29, 1.82) is 0 Å². The summed E-state index contributed by atoms with van der Waals surface area (Å²) >= 11 is 0. The number of nitrogens with one attached hydrogen (secondary N) is 4. The summed E-state index contributed by atoms with van der Waals surface area (Å²) in [4.78, 5) is 77.6. The smallest absolute Gasteiger partial charge is 0.323 e. The summed E-state index contributed by atoms with van der Waals surface area (Å²) in [5.74, 6) is -0.384. The van der Waals surface area contributed by atoms with Crippen LogP contribution in [0, 0.1) is 6.92 Å². The van der Waals surface area contributed by atoms with Crippen molar-refractivity contribution < 1.29 is 28.5 Å². The molecule has 1 atom stereocenters. The molecule has 1 aliphatic carbocycles. The fraction of sp³-hybridized carbons (Fsp3) is 0.368. The van der Waals surface area contributed by atoms with Crippen LogP contribution in [0.4, 0.5) is 21.9 Å². The predicted molar refractivity (Wildman–Crippen MR) is 198 cm³/mol. The summed E-state index contributed by atoms with van der Waals surface area (Å²) in [6.07, 6.45) is 11.9. The van der Waals surface area contributed by atoms with E-state index in [9.17, 15) is 24.0 Å². The van der Waals surface area contributed by atoms with E-state index in [0.717, 1.165) is 42.6 Å². The molecule has 282 valence electrons. The lowest BCUT2D eigenvalue weighted by Crippen LogP contribution is -2.52. The Labute approximate surface area is 314 Å². The van der Waals surface area contributed by atoms with Gasteiger partial charge >= 0.3 is 6.03 Å². The molecule has 1 saturated heterocycles. The average molecular weight is 746 g/mol. The Hall–Kier alpha value is -6.52. The third kappa shape index (κ3) is 7.49. The summed E-state index contributed by atoms with van der Waals surface area (Å²) < 4.78 is 7.27. The number of aryl methyl sites for hydroxylation is 2. The van der Waals surface area contributed by atoms with Crippen molar-refractivity contribution in [3.8, 4) is 11.5 Å². The summed E-state index contributed by atoms with van der Waals surface area (Å²) in [7, 11) is 0. The zero-order chi connectivity index (χ0) is 38.1. The van der Waals surface area contributed by atoms with E-state index in [0.29, 0.717) is 58.4 Å². The number of urea groups is 1. The van der Waals surface area contributed by atoms with Gasteiger partial charge in [0.05, 0.1) is 35.7 Å². The minimum Gasteiger partial charge on any atom is -0.339 e. The maximum Gasteiger partial charge on any atom is 0.323 e. The van der Waals surface area contributed by atoms with Crippen molar-refractivity contribution >= 4 is 52.4 Å². The van der Waals surface area contributed by atoms with Crippen molar-refractivity contribution in [3.63, 3.8) is 0 Å². The van der Waals surface area contributed by atoms with Gasteiger partial charge in [-0.2, -0.15) is 10.1 Å². The number of nitrogens with zero attached hydrogens (tertiary/aromatic N) is 7. The summed E-state index contributed by atoms with van der Waals surface area (Å²) in [5.41, 5.74) is 5.75. The number of piperidine rings is 1. The Balaban J connectivity index is 0.831. The average Bonchev–Trinajstić information content (AvgIpc) is 3.91. The molecule has 55 heavy (non-hydrogen) atoms. The quantitative estimate of drug-likeness (QED) is 0.141. The molecule has 0 bridgehead atoms. The number of hydrogen-bond donors (Lipinski definition) is 4. The normalized spacial score (nSPS) is 17.3. The summed E-state index contributed by atoms with van der Waals surface area (Å²) in [6, 6.07) is 7.53. The topological polar surface area (TPSA) is 219 Å². The number of fused-ring (bicyclic) bond motifs is 2. The van der Waals surface area contributed by atoms with Crippen LogP contribution in [0.2, 0.25) is 0 Å². The molecule has 6 amide bonds. The molecule has 0 radical (unpaired) electrons. The van der Waals surface area contributed by atoms with Gasteiger partial charge in [0.15, 0.2) is 5.65 Å². The second-order valence-electron chi connectivity index (χ2n) is 14.1. The number of imide groups is 1. The molecule has 1 unspecified atom stereocenters. The number of pyridine rings is 1. The first-order chi connectivity index (χ1) is 26.7. The lowest BCUT2D eigenvalue weighted by atomic mass is 9.86. The van der Waals surface area contributed by atoms with Crippen molar-refractivity contribution in [2.24, 2.45) is 0 Å². The maximum atomic E-state index is 13.1. The van der Waals surface area contributed by atoms with Crippen molar-refractivity contribution in [2.45, 2.75) is 89.6 Å². The Bertz CT molecular complexity index is 2330. The largest absolute Gasteiger partial charge is 0.339 e. The van der Waals surface area contributed by atoms with Crippen LogP contribution in [0.5, 0.6) is 0 Å². The molecule has 4 N–H and O–H groups in total. The third-order valence-electron chi connectivity index (χ3n) is 10.3. The highest BCUT2D eigenvalue weighted by atomic mass is 16.5. The van der Waals surface area contributed by atoms with Gasteiger partial charge in [-0.25, -0.2) is 14.3 Å². The van der Waals surface area contributed by atoms with Crippen LogP contribution in [0.15, 0.2) is 53.4 Å². The van der Waals surface area contributed by atoms with Crippen LogP contribution >= 0.6 is 0 Å². The second-order valence-corrected chi connectivity index (χ2v) is 14.1. The second kappa shape index (κ2) is 15.1. The lowest BCUT2D eigenvalue weighted by Gasteiger charge is -2.29. The minimum atomic E-state index is -0.705. The van der Waals surface area contributed by atoms with Crippen LogP contribution in [0.3, 0.4) is 0 Å². The fourth-order valence-electron chi connectivity index (χ4n) is 7.65. The number of amides is 6. The van der Waals surface area contributed by atoms with Crippen LogP contribution in [-0.2, 0) is 27.3 Å². The van der Waals surface area contributed by atoms with Gasteiger partial charge in [0.2, 0.25) is 29.4 Å². The van der Waals surface area contributed by atoms with Crippen LogP contribution in [0.1, 0.15) is 96.8 Å². The molecule has 0 spiro atoms. The Morgan fingerprint density at radius 2 is 1.82 bits per heavy atom. The summed E-state index contributed by atoms with van der Waals surface area (Å²) in [5, 5.41) is 19.6. The number of carbonyl (C=O) groups excluding carboxylic acids is 5. The van der Waals surface area contributed by atoms with E-state index in [-0.39, 0.29) is 49.4 Å². The van der Waals surface area contributed by atoms with Gasteiger partial charge in [-0.1, -0.05) is 24.4 Å². The van der Waals surface area contributed by atoms with E-state index in [1.807, 2.05) is 17.5 Å². The van der Waals surface area contributed by atoms with E-state index < -0.39 is 18.0 Å². The fourth-order valence-corrected chi connectivity index (χ4v) is 7.65. The van der Waals surface area contributed by atoms with Gasteiger partial charge in [0.1, 0.15) is 11.7 Å². The molecular weight excluding hydrogens is 706 g/mol. The molecule has 17 heteroatoms. The van der Waals surface area contributed by atoms with E-state index in [1.165, 1.54) is 17.5 Å². The molecule has 3 aliphatic rings. The number of carbonyl (C=O) groups is 5. The number of rotatable bonds is 10. The van der Waals surface area contributed by atoms with E-state index in [4.69, 9.17) is 4.52 Å². The number of anilines is 3. The van der Waals surface area contributed by atoms with Crippen LogP contribution in [0.25, 0.3) is 17.2 Å². The first-order valence-corrected chi connectivity index (χ1v) is 18.5. The standard InChI is InChI=1S/C38H39N11O6/c1-21-16-25(43-38(54)44-27-19-39-29-14-15-41-49(29)34(27)22-6-3-2-4-7-22)18-40-33(21)35-46-32(55-47-35)9-5-8-30(50)42-24-10-11-26-23(17-24)20-48(37(26)53)28-12-13-31(51)45-36(28)52/h10-11,14-19,22,28H,2-9,12-13,20H2,1H3,(H,42,50)(H2,43,44,54)(H,45,51,52). The molecule has 5 aromatic rings. The van der Waals surface area contributed by atoms with Gasteiger partial charge in [-0.3, -0.25) is 29.5 Å². The van der Waals surface area contributed by atoms with Gasteiger partial charge < -0.3 is 25.4 Å². The molecule has 4 aromatic heterocycles. The number of aromatic nitrogens is 6. The molecule has 17 nitrogen and oxygen atoms in total. The molecule has 2 aliphatic heterocycles. The Morgan fingerprint density at radius 1 is 0.964 bits per heavy atom. The Kier molecular flexibility index (Phi) is 9.73. The summed E-state index contributed by atoms with van der Waals surface area (Å²) in [6.45, 7) is 2.06. The van der Waals surface area contributed by atoms with Crippen molar-refractivity contribution in [3.05, 3.63) is 77.2 Å². The van der Waals surface area contributed by atoms with Crippen LogP contribution in [-0.4, -0.2) is 70.3 Å². The zero-order valence-electron chi connectivity index (χ0n) is 30.1. The van der Waals surface area contributed by atoms with Crippen LogP contribution < -0.4 is 21.3 Å². The highest BCUT2D eigenvalue weighted by Crippen LogP contribution is 2.36. The first kappa shape index (κ1) is 35.5. The monoisotopic (exact) mass is 745 g/mol. The molecule has 1 aromatic carbocycles. The van der Waals surface area contributed by atoms with Gasteiger partial charge in [0, 0.05) is 49.0 Å².